The van der Waals surface area contributed by atoms with E-state index >= 15 is 4.39 Å². The highest BCUT2D eigenvalue weighted by molar-refractivity contribution is 6.00. The fraction of sp³-hybridized carbons (Fsp3) is 0.514. The molecule has 1 saturated carbocycles. The van der Waals surface area contributed by atoms with E-state index in [4.69, 9.17) is 5.26 Å². The van der Waals surface area contributed by atoms with E-state index in [0.717, 1.165) is 32.1 Å². The number of halogens is 1. The number of hydrogen-bond donors (Lipinski definition) is 3. The van der Waals surface area contributed by atoms with Crippen molar-refractivity contribution in [3.8, 4) is 6.07 Å². The summed E-state index contributed by atoms with van der Waals surface area (Å²) in [5, 5.41) is 25.1. The number of Topliss-reactive ketones (excluding diaryl/α,β-unsaturated/α-hetero) is 1. The number of nitrogens with one attached hydrogen (secondary N) is 3. The number of rotatable bonds is 12. The Morgan fingerprint density at radius 2 is 1.82 bits per heavy atom. The second kappa shape index (κ2) is 16.0. The van der Waals surface area contributed by atoms with Crippen LogP contribution < -0.4 is 10.6 Å². The average molecular weight is 674 g/mol. The summed E-state index contributed by atoms with van der Waals surface area (Å²) in [6.07, 6.45) is 6.24. The number of carbonyl (C=O) groups excluding carboxylic acids is 4. The maximum atomic E-state index is 15.8. The first-order chi connectivity index (χ1) is 23.6. The Labute approximate surface area is 285 Å². The molecule has 13 nitrogen and oxygen atoms in total. The fourth-order valence-corrected chi connectivity index (χ4v) is 6.81. The van der Waals surface area contributed by atoms with Gasteiger partial charge >= 0.3 is 0 Å². The molecule has 1 aliphatic carbocycles. The monoisotopic (exact) mass is 673 g/mol. The van der Waals surface area contributed by atoms with Crippen LogP contribution >= 0.6 is 0 Å². The van der Waals surface area contributed by atoms with Gasteiger partial charge in [0.1, 0.15) is 29.3 Å². The zero-order valence-electron chi connectivity index (χ0n) is 28.2. The maximum Gasteiger partial charge on any atom is 0.270 e. The van der Waals surface area contributed by atoms with Crippen LogP contribution in [0.1, 0.15) is 90.5 Å². The third kappa shape index (κ3) is 8.40. The molecule has 3 aromatic rings. The first kappa shape index (κ1) is 35.4. The predicted octanol–water partition coefficient (Wildman–Crippen LogP) is 3.72. The summed E-state index contributed by atoms with van der Waals surface area (Å²) in [6, 6.07) is 8.11. The number of aryl methyl sites for hydroxylation is 1. The Bertz CT molecular complexity index is 1700. The van der Waals surface area contributed by atoms with E-state index in [1.807, 2.05) is 20.0 Å². The highest BCUT2D eigenvalue weighted by Crippen LogP contribution is 2.34. The van der Waals surface area contributed by atoms with Crippen molar-refractivity contribution >= 4 is 29.2 Å². The molecule has 0 radical (unpaired) electrons. The number of anilines is 1. The van der Waals surface area contributed by atoms with Crippen LogP contribution in [-0.2, 0) is 16.1 Å². The summed E-state index contributed by atoms with van der Waals surface area (Å²) in [5.41, 5.74) is 0.918. The number of hydrogen-bond acceptors (Lipinski definition) is 8. The quantitative estimate of drug-likeness (QED) is 0.245. The molecule has 3 amide bonds. The predicted molar refractivity (Wildman–Crippen MR) is 179 cm³/mol. The summed E-state index contributed by atoms with van der Waals surface area (Å²) >= 11 is 0. The van der Waals surface area contributed by atoms with E-state index in [1.54, 1.807) is 34.8 Å². The van der Waals surface area contributed by atoms with E-state index < -0.39 is 35.5 Å². The molecule has 14 heteroatoms. The highest BCUT2D eigenvalue weighted by Gasteiger charge is 2.35. The maximum absolute atomic E-state index is 15.8. The zero-order valence-corrected chi connectivity index (χ0v) is 28.2. The number of benzene rings is 1. The van der Waals surface area contributed by atoms with Crippen molar-refractivity contribution in [2.45, 2.75) is 70.9 Å². The smallest absolute Gasteiger partial charge is 0.270 e. The van der Waals surface area contributed by atoms with Crippen molar-refractivity contribution < 1.29 is 23.6 Å². The normalized spacial score (nSPS) is 17.5. The molecule has 3 heterocycles. The lowest BCUT2D eigenvalue weighted by Crippen LogP contribution is -2.55. The van der Waals surface area contributed by atoms with Gasteiger partial charge in [-0.05, 0) is 56.5 Å². The molecule has 1 aromatic carbocycles. The van der Waals surface area contributed by atoms with Gasteiger partial charge in [0, 0.05) is 63.2 Å². The number of ketones is 1. The first-order valence-electron chi connectivity index (χ1n) is 17.0. The molecule has 260 valence electrons. The van der Waals surface area contributed by atoms with E-state index in [2.05, 4.69) is 30.8 Å². The minimum Gasteiger partial charge on any atom is -0.338 e. The van der Waals surface area contributed by atoms with Crippen molar-refractivity contribution in [1.82, 2.24) is 35.1 Å². The van der Waals surface area contributed by atoms with Crippen LogP contribution in [0.3, 0.4) is 0 Å². The molecule has 1 aliphatic heterocycles. The second-order valence-electron chi connectivity index (χ2n) is 13.0. The average Bonchev–Trinajstić information content (AvgIpc) is 3.81. The van der Waals surface area contributed by atoms with Crippen molar-refractivity contribution in [2.75, 3.05) is 38.5 Å². The summed E-state index contributed by atoms with van der Waals surface area (Å²) in [5.74, 6) is -3.50. The van der Waals surface area contributed by atoms with Crippen LogP contribution in [0, 0.1) is 29.0 Å². The first-order valence-corrected chi connectivity index (χ1v) is 17.0. The third-order valence-electron chi connectivity index (χ3n) is 9.84. The van der Waals surface area contributed by atoms with Crippen LogP contribution in [0.5, 0.6) is 0 Å². The highest BCUT2D eigenvalue weighted by atomic mass is 19.1. The van der Waals surface area contributed by atoms with Crippen LogP contribution in [0.15, 0.2) is 36.5 Å². The number of amides is 3. The molecule has 2 fully saturated rings. The minimum absolute atomic E-state index is 0.000896. The van der Waals surface area contributed by atoms with E-state index in [0.29, 0.717) is 44.0 Å². The minimum atomic E-state index is -1.05. The number of aromatic nitrogens is 4. The Balaban J connectivity index is 1.35. The Morgan fingerprint density at radius 3 is 2.47 bits per heavy atom. The number of carbonyl (C=O) groups is 4. The molecule has 0 unspecified atom stereocenters. The number of likely N-dealkylation sites (N-methyl/N-ethyl adjacent to an activating group) is 1. The number of H-pyrrole nitrogens is 1. The van der Waals surface area contributed by atoms with Gasteiger partial charge in [-0.15, -0.1) is 0 Å². The summed E-state index contributed by atoms with van der Waals surface area (Å²) in [7, 11) is 1.97. The molecular formula is C35H44FN9O4. The van der Waals surface area contributed by atoms with E-state index in [1.165, 1.54) is 18.2 Å². The van der Waals surface area contributed by atoms with Crippen LogP contribution in [-0.4, -0.2) is 92.6 Å². The topological polar surface area (TPSA) is 169 Å². The molecular weight excluding hydrogens is 629 g/mol. The van der Waals surface area contributed by atoms with Gasteiger partial charge in [0.05, 0.1) is 5.69 Å². The van der Waals surface area contributed by atoms with Gasteiger partial charge in [-0.25, -0.2) is 4.39 Å². The largest absolute Gasteiger partial charge is 0.338 e. The van der Waals surface area contributed by atoms with Crippen LogP contribution in [0.2, 0.25) is 0 Å². The Morgan fingerprint density at radius 1 is 1.08 bits per heavy atom. The van der Waals surface area contributed by atoms with Crippen molar-refractivity contribution in [1.29, 1.82) is 5.26 Å². The van der Waals surface area contributed by atoms with E-state index in [-0.39, 0.29) is 41.1 Å². The van der Waals surface area contributed by atoms with Gasteiger partial charge < -0.3 is 20.4 Å². The Hall–Kier alpha value is -4.90. The number of nitriles is 1. The molecule has 2 aliphatic rings. The van der Waals surface area contributed by atoms with Crippen molar-refractivity contribution in [2.24, 2.45) is 11.8 Å². The molecule has 1 saturated heterocycles. The fourth-order valence-electron chi connectivity index (χ4n) is 6.81. The molecule has 3 atom stereocenters. The summed E-state index contributed by atoms with van der Waals surface area (Å²) in [6.45, 7) is 6.44. The SMILES string of the molecule is CCn1nccc1C(=O)C[C@H](C(=O)Nc1ccc([C@H](C)[C@@H](NC(=O)c2cc(C#N)n[nH]2)C(=O)N2CCN(C)CC2)cc1F)C1CCCCC1. The molecule has 2 aromatic heterocycles. The molecule has 3 N–H and O–H groups in total. The van der Waals surface area contributed by atoms with Gasteiger partial charge in [0.25, 0.3) is 5.91 Å². The van der Waals surface area contributed by atoms with Gasteiger partial charge in [0.15, 0.2) is 11.5 Å². The standard InChI is InChI=1S/C35H44FN9O4/c1-4-45-30(12-13-38-45)31(46)20-26(23-8-6-5-7-9-23)33(47)39-28-11-10-24(18-27(28)36)22(2)32(35(49)44-16-14-43(3)15-17-44)40-34(48)29-19-25(21-37)41-42-29/h10-13,18-19,22-23,26,32H,4-9,14-17,20H2,1-3H3,(H,39,47)(H,40,48)(H,41,42)/t22-,26-,32+/m0/s1. The number of nitrogens with zero attached hydrogens (tertiary/aromatic N) is 6. The number of piperazine rings is 1. The lowest BCUT2D eigenvalue weighted by atomic mass is 9.77. The molecule has 49 heavy (non-hydrogen) atoms. The van der Waals surface area contributed by atoms with Gasteiger partial charge in [-0.3, -0.25) is 29.0 Å². The van der Waals surface area contributed by atoms with E-state index in [9.17, 15) is 19.2 Å². The zero-order chi connectivity index (χ0) is 35.1. The number of aromatic amines is 1. The third-order valence-corrected chi connectivity index (χ3v) is 9.84. The van der Waals surface area contributed by atoms with Gasteiger partial charge in [0.2, 0.25) is 11.8 Å². The van der Waals surface area contributed by atoms with Crippen LogP contribution in [0.25, 0.3) is 0 Å². The van der Waals surface area contributed by atoms with Crippen LogP contribution in [0.4, 0.5) is 10.1 Å². The molecule has 5 rings (SSSR count). The lowest BCUT2D eigenvalue weighted by Gasteiger charge is -2.36. The van der Waals surface area contributed by atoms with Gasteiger partial charge in [-0.2, -0.15) is 15.5 Å². The van der Waals surface area contributed by atoms with Crippen molar-refractivity contribution in [3.63, 3.8) is 0 Å². The Kier molecular flexibility index (Phi) is 11.6. The molecule has 0 spiro atoms. The summed E-state index contributed by atoms with van der Waals surface area (Å²) in [4.78, 5) is 57.8. The lowest BCUT2D eigenvalue weighted by molar-refractivity contribution is -0.135. The molecule has 0 bridgehead atoms. The van der Waals surface area contributed by atoms with Gasteiger partial charge in [-0.1, -0.05) is 32.3 Å². The summed E-state index contributed by atoms with van der Waals surface area (Å²) < 4.78 is 17.4. The second-order valence-corrected chi connectivity index (χ2v) is 13.0. The van der Waals surface area contributed by atoms with Crippen molar-refractivity contribution in [3.05, 3.63) is 65.0 Å².